The first kappa shape index (κ1) is 12.5. The molecule has 15 heavy (non-hydrogen) atoms. The first-order valence-electron chi connectivity index (χ1n) is 5.49. The van der Waals surface area contributed by atoms with Gasteiger partial charge in [-0.15, -0.1) is 0 Å². The van der Waals surface area contributed by atoms with E-state index >= 15 is 0 Å². The molecule has 0 heterocycles. The summed E-state index contributed by atoms with van der Waals surface area (Å²) in [5, 5.41) is 4.17. The zero-order valence-electron chi connectivity index (χ0n) is 9.92. The topological polar surface area (TPSA) is 12.0 Å². The second kappa shape index (κ2) is 5.53. The van der Waals surface area contributed by atoms with E-state index in [0.717, 1.165) is 5.02 Å². The normalized spacial score (nSPS) is 15.3. The van der Waals surface area contributed by atoms with Gasteiger partial charge in [-0.3, -0.25) is 0 Å². The highest BCUT2D eigenvalue weighted by Gasteiger charge is 2.19. The third kappa shape index (κ3) is 3.22. The van der Waals surface area contributed by atoms with E-state index in [1.54, 1.807) is 0 Å². The third-order valence-electron chi connectivity index (χ3n) is 3.12. The van der Waals surface area contributed by atoms with Crippen molar-refractivity contribution in [2.24, 2.45) is 11.8 Å². The third-order valence-corrected chi connectivity index (χ3v) is 3.37. The minimum absolute atomic E-state index is 0.405. The summed E-state index contributed by atoms with van der Waals surface area (Å²) in [6.07, 6.45) is 0. The molecular weight excluding hydrogens is 206 g/mol. The van der Waals surface area contributed by atoms with Gasteiger partial charge >= 0.3 is 0 Å². The van der Waals surface area contributed by atoms with Crippen LogP contribution in [0.15, 0.2) is 24.3 Å². The van der Waals surface area contributed by atoms with Crippen molar-refractivity contribution < 1.29 is 0 Å². The van der Waals surface area contributed by atoms with Gasteiger partial charge in [-0.2, -0.15) is 0 Å². The standard InChI is InChI=1S/C13H20ClN/c1-9(2)10(3)13(15-4)11-5-7-12(14)8-6-11/h5-10,13,15H,1-4H3. The quantitative estimate of drug-likeness (QED) is 0.820. The monoisotopic (exact) mass is 225 g/mol. The minimum atomic E-state index is 0.405. The molecule has 0 radical (unpaired) electrons. The molecule has 1 aromatic rings. The Balaban J connectivity index is 2.87. The summed E-state index contributed by atoms with van der Waals surface area (Å²) in [4.78, 5) is 0. The van der Waals surface area contributed by atoms with Crippen LogP contribution in [0, 0.1) is 11.8 Å². The Labute approximate surface area is 97.8 Å². The molecule has 0 amide bonds. The fourth-order valence-electron chi connectivity index (χ4n) is 1.79. The van der Waals surface area contributed by atoms with Gasteiger partial charge in [0.2, 0.25) is 0 Å². The van der Waals surface area contributed by atoms with Gasteiger partial charge in [0.25, 0.3) is 0 Å². The summed E-state index contributed by atoms with van der Waals surface area (Å²) in [6.45, 7) is 6.79. The maximum atomic E-state index is 5.88. The van der Waals surface area contributed by atoms with Crippen LogP contribution in [0.3, 0.4) is 0 Å². The first-order valence-corrected chi connectivity index (χ1v) is 5.86. The van der Waals surface area contributed by atoms with Crippen LogP contribution in [0.1, 0.15) is 32.4 Å². The number of hydrogen-bond donors (Lipinski definition) is 1. The molecule has 84 valence electrons. The predicted octanol–water partition coefficient (Wildman–Crippen LogP) is 3.89. The van der Waals surface area contributed by atoms with Crippen molar-refractivity contribution >= 4 is 11.6 Å². The Morgan fingerprint density at radius 1 is 1.07 bits per heavy atom. The number of rotatable bonds is 4. The Bertz CT molecular complexity index is 292. The van der Waals surface area contributed by atoms with Gasteiger partial charge in [0.05, 0.1) is 0 Å². The Kier molecular flexibility index (Phi) is 4.62. The molecular formula is C13H20ClN. The highest BCUT2D eigenvalue weighted by atomic mass is 35.5. The first-order chi connectivity index (χ1) is 7.06. The van der Waals surface area contributed by atoms with Crippen molar-refractivity contribution in [3.8, 4) is 0 Å². The van der Waals surface area contributed by atoms with Crippen LogP contribution in [0.2, 0.25) is 5.02 Å². The zero-order valence-corrected chi connectivity index (χ0v) is 10.7. The molecule has 0 spiro atoms. The molecule has 0 aliphatic rings. The Morgan fingerprint density at radius 3 is 2.00 bits per heavy atom. The molecule has 1 N–H and O–H groups in total. The summed E-state index contributed by atoms with van der Waals surface area (Å²) in [6, 6.07) is 8.51. The number of nitrogens with one attached hydrogen (secondary N) is 1. The fourth-order valence-corrected chi connectivity index (χ4v) is 1.91. The van der Waals surface area contributed by atoms with E-state index in [9.17, 15) is 0 Å². The van der Waals surface area contributed by atoms with Crippen molar-refractivity contribution in [3.05, 3.63) is 34.9 Å². The molecule has 0 bridgehead atoms. The van der Waals surface area contributed by atoms with Crippen LogP contribution in [0.25, 0.3) is 0 Å². The molecule has 0 saturated carbocycles. The lowest BCUT2D eigenvalue weighted by molar-refractivity contribution is 0.317. The van der Waals surface area contributed by atoms with Gasteiger partial charge in [-0.25, -0.2) is 0 Å². The van der Waals surface area contributed by atoms with Crippen molar-refractivity contribution in [2.75, 3.05) is 7.05 Å². The average Bonchev–Trinajstić information content (AvgIpc) is 2.21. The van der Waals surface area contributed by atoms with Crippen molar-refractivity contribution in [1.29, 1.82) is 0 Å². The van der Waals surface area contributed by atoms with Crippen LogP contribution in [0.4, 0.5) is 0 Å². The Morgan fingerprint density at radius 2 is 1.60 bits per heavy atom. The van der Waals surface area contributed by atoms with Crippen LogP contribution in [-0.2, 0) is 0 Å². The fraction of sp³-hybridized carbons (Fsp3) is 0.538. The molecule has 0 aromatic heterocycles. The molecule has 2 unspecified atom stereocenters. The highest BCUT2D eigenvalue weighted by molar-refractivity contribution is 6.30. The van der Waals surface area contributed by atoms with E-state index in [0.29, 0.717) is 17.9 Å². The van der Waals surface area contributed by atoms with Gasteiger partial charge in [0.1, 0.15) is 0 Å². The van der Waals surface area contributed by atoms with Gasteiger partial charge in [-0.05, 0) is 36.6 Å². The van der Waals surface area contributed by atoms with Crippen LogP contribution in [-0.4, -0.2) is 7.05 Å². The van der Waals surface area contributed by atoms with Crippen molar-refractivity contribution in [1.82, 2.24) is 5.32 Å². The summed E-state index contributed by atoms with van der Waals surface area (Å²) in [5.74, 6) is 1.27. The molecule has 2 heteroatoms. The van der Waals surface area contributed by atoms with Crippen LogP contribution in [0.5, 0.6) is 0 Å². The lowest BCUT2D eigenvalue weighted by Gasteiger charge is -2.27. The molecule has 0 saturated heterocycles. The maximum absolute atomic E-state index is 5.88. The molecule has 0 fully saturated rings. The van der Waals surface area contributed by atoms with Gasteiger partial charge in [0.15, 0.2) is 0 Å². The van der Waals surface area contributed by atoms with E-state index in [4.69, 9.17) is 11.6 Å². The summed E-state index contributed by atoms with van der Waals surface area (Å²) in [5.41, 5.74) is 1.31. The molecule has 1 aromatic carbocycles. The molecule has 0 aliphatic carbocycles. The van der Waals surface area contributed by atoms with E-state index in [-0.39, 0.29) is 0 Å². The predicted molar refractivity (Wildman–Crippen MR) is 67.3 cm³/mol. The number of halogens is 1. The minimum Gasteiger partial charge on any atom is -0.313 e. The van der Waals surface area contributed by atoms with E-state index in [2.05, 4.69) is 38.2 Å². The van der Waals surface area contributed by atoms with Crippen molar-refractivity contribution in [3.63, 3.8) is 0 Å². The average molecular weight is 226 g/mol. The molecule has 1 rings (SSSR count). The maximum Gasteiger partial charge on any atom is 0.0406 e. The van der Waals surface area contributed by atoms with E-state index in [1.165, 1.54) is 5.56 Å². The lowest BCUT2D eigenvalue weighted by Crippen LogP contribution is -2.26. The SMILES string of the molecule is CNC(c1ccc(Cl)cc1)C(C)C(C)C. The van der Waals surface area contributed by atoms with E-state index in [1.807, 2.05) is 19.2 Å². The second-order valence-electron chi connectivity index (χ2n) is 4.42. The van der Waals surface area contributed by atoms with E-state index < -0.39 is 0 Å². The largest absolute Gasteiger partial charge is 0.313 e. The summed E-state index contributed by atoms with van der Waals surface area (Å²) >= 11 is 5.88. The molecule has 1 nitrogen and oxygen atoms in total. The Hall–Kier alpha value is -0.530. The van der Waals surface area contributed by atoms with Gasteiger partial charge in [0, 0.05) is 11.1 Å². The number of benzene rings is 1. The summed E-state index contributed by atoms with van der Waals surface area (Å²) < 4.78 is 0. The number of hydrogen-bond acceptors (Lipinski definition) is 1. The lowest BCUT2D eigenvalue weighted by atomic mass is 9.86. The van der Waals surface area contributed by atoms with Gasteiger partial charge in [-0.1, -0.05) is 44.5 Å². The second-order valence-corrected chi connectivity index (χ2v) is 4.86. The molecule has 2 atom stereocenters. The highest BCUT2D eigenvalue weighted by Crippen LogP contribution is 2.27. The smallest absolute Gasteiger partial charge is 0.0406 e. The summed E-state index contributed by atoms with van der Waals surface area (Å²) in [7, 11) is 2.01. The van der Waals surface area contributed by atoms with Crippen LogP contribution < -0.4 is 5.32 Å². The van der Waals surface area contributed by atoms with Crippen molar-refractivity contribution in [2.45, 2.75) is 26.8 Å². The zero-order chi connectivity index (χ0) is 11.4. The molecule has 0 aliphatic heterocycles. The van der Waals surface area contributed by atoms with Crippen LogP contribution >= 0.6 is 11.6 Å². The van der Waals surface area contributed by atoms with Gasteiger partial charge < -0.3 is 5.32 Å².